The molecule has 2 aromatic heterocycles. The fourth-order valence-corrected chi connectivity index (χ4v) is 3.33. The van der Waals surface area contributed by atoms with Crippen molar-refractivity contribution in [2.45, 2.75) is 17.2 Å². The number of nitriles is 1. The van der Waals surface area contributed by atoms with E-state index in [-0.39, 0.29) is 5.91 Å². The Morgan fingerprint density at radius 3 is 2.50 bits per heavy atom. The molecule has 0 aliphatic rings. The molecule has 0 saturated heterocycles. The van der Waals surface area contributed by atoms with Gasteiger partial charge >= 0.3 is 0 Å². The van der Waals surface area contributed by atoms with Gasteiger partial charge in [-0.05, 0) is 55.5 Å². The van der Waals surface area contributed by atoms with E-state index < -0.39 is 5.25 Å². The number of pyridine rings is 2. The first kappa shape index (κ1) is 19.4. The second kappa shape index (κ2) is 9.02. The smallest absolute Gasteiger partial charge is 0.237 e. The van der Waals surface area contributed by atoms with Crippen LogP contribution in [0.15, 0.2) is 66.0 Å². The lowest BCUT2D eigenvalue weighted by molar-refractivity contribution is -0.115. The van der Waals surface area contributed by atoms with Crippen molar-refractivity contribution in [1.29, 1.82) is 5.26 Å². The molecule has 3 rings (SSSR count). The molecule has 0 aliphatic carbocycles. The number of amides is 1. The summed E-state index contributed by atoms with van der Waals surface area (Å²) in [6.45, 7) is 1.78. The lowest BCUT2D eigenvalue weighted by atomic mass is 10.1. The first-order valence-corrected chi connectivity index (χ1v) is 9.42. The average Bonchev–Trinajstić information content (AvgIpc) is 2.74. The van der Waals surface area contributed by atoms with Crippen molar-refractivity contribution >= 4 is 23.4 Å². The van der Waals surface area contributed by atoms with Crippen LogP contribution in [0.1, 0.15) is 12.5 Å². The van der Waals surface area contributed by atoms with E-state index in [0.717, 1.165) is 17.0 Å². The minimum Gasteiger partial charge on any atom is -0.497 e. The molecule has 1 amide bonds. The summed E-state index contributed by atoms with van der Waals surface area (Å²) in [5.74, 6) is 0.588. The SMILES string of the molecule is COc1ccc(-c2ccc(C#N)c(SC(C)C(=O)Nc3ccncc3)n2)cc1. The minimum atomic E-state index is -0.432. The van der Waals surface area contributed by atoms with Gasteiger partial charge < -0.3 is 10.1 Å². The molecular formula is C21H18N4O2S. The number of hydrogen-bond donors (Lipinski definition) is 1. The molecule has 0 fully saturated rings. The van der Waals surface area contributed by atoms with Crippen LogP contribution < -0.4 is 10.1 Å². The second-order valence-corrected chi connectivity index (χ2v) is 7.20. The van der Waals surface area contributed by atoms with Gasteiger partial charge in [-0.15, -0.1) is 0 Å². The molecule has 1 N–H and O–H groups in total. The third-order valence-electron chi connectivity index (χ3n) is 3.97. The number of ether oxygens (including phenoxy) is 1. The molecule has 6 nitrogen and oxygen atoms in total. The van der Waals surface area contributed by atoms with Crippen LogP contribution in [-0.4, -0.2) is 28.2 Å². The van der Waals surface area contributed by atoms with Gasteiger partial charge in [-0.25, -0.2) is 4.98 Å². The van der Waals surface area contributed by atoms with E-state index in [1.54, 1.807) is 50.7 Å². The van der Waals surface area contributed by atoms with Gasteiger partial charge in [0.25, 0.3) is 0 Å². The Morgan fingerprint density at radius 1 is 1.14 bits per heavy atom. The molecule has 140 valence electrons. The number of rotatable bonds is 6. The highest BCUT2D eigenvalue weighted by Gasteiger charge is 2.18. The lowest BCUT2D eigenvalue weighted by Gasteiger charge is -2.13. The van der Waals surface area contributed by atoms with Crippen molar-refractivity contribution < 1.29 is 9.53 Å². The highest BCUT2D eigenvalue weighted by Crippen LogP contribution is 2.29. The van der Waals surface area contributed by atoms with Crippen molar-refractivity contribution in [2.24, 2.45) is 0 Å². The van der Waals surface area contributed by atoms with Crippen molar-refractivity contribution in [3.63, 3.8) is 0 Å². The molecule has 0 bridgehead atoms. The number of nitrogens with zero attached hydrogens (tertiary/aromatic N) is 3. The van der Waals surface area contributed by atoms with Gasteiger partial charge in [0.2, 0.25) is 5.91 Å². The summed E-state index contributed by atoms with van der Waals surface area (Å²) >= 11 is 1.25. The maximum atomic E-state index is 12.5. The van der Waals surface area contributed by atoms with Crippen LogP contribution in [-0.2, 0) is 4.79 Å². The third kappa shape index (κ3) is 4.67. The van der Waals surface area contributed by atoms with E-state index in [1.807, 2.05) is 24.3 Å². The van der Waals surface area contributed by atoms with Gasteiger partial charge in [0.15, 0.2) is 0 Å². The summed E-state index contributed by atoms with van der Waals surface area (Å²) in [6, 6.07) is 16.6. The van der Waals surface area contributed by atoms with E-state index in [9.17, 15) is 10.1 Å². The Bertz CT molecular complexity index is 1000. The van der Waals surface area contributed by atoms with Gasteiger partial charge in [0, 0.05) is 23.6 Å². The molecular weight excluding hydrogens is 372 g/mol. The third-order valence-corrected chi connectivity index (χ3v) is 5.07. The Labute approximate surface area is 167 Å². The second-order valence-electron chi connectivity index (χ2n) is 5.87. The maximum absolute atomic E-state index is 12.5. The average molecular weight is 390 g/mol. The van der Waals surface area contributed by atoms with E-state index >= 15 is 0 Å². The Balaban J connectivity index is 1.79. The van der Waals surface area contributed by atoms with E-state index in [4.69, 9.17) is 4.74 Å². The Morgan fingerprint density at radius 2 is 1.86 bits per heavy atom. The number of carbonyl (C=O) groups excluding carboxylic acids is 1. The summed E-state index contributed by atoms with van der Waals surface area (Å²) in [5.41, 5.74) is 2.74. The fraction of sp³-hybridized carbons (Fsp3) is 0.143. The first-order valence-electron chi connectivity index (χ1n) is 8.54. The number of hydrogen-bond acceptors (Lipinski definition) is 6. The maximum Gasteiger partial charge on any atom is 0.237 e. The summed E-state index contributed by atoms with van der Waals surface area (Å²) < 4.78 is 5.18. The number of nitrogens with one attached hydrogen (secondary N) is 1. The summed E-state index contributed by atoms with van der Waals surface area (Å²) in [5, 5.41) is 12.3. The first-order chi connectivity index (χ1) is 13.6. The molecule has 1 atom stereocenters. The van der Waals surface area contributed by atoms with Crippen LogP contribution in [0.3, 0.4) is 0 Å². The van der Waals surface area contributed by atoms with Crippen molar-refractivity contribution in [1.82, 2.24) is 9.97 Å². The van der Waals surface area contributed by atoms with Crippen molar-refractivity contribution in [3.8, 4) is 23.1 Å². The summed E-state index contributed by atoms with van der Waals surface area (Å²) in [4.78, 5) is 21.0. The van der Waals surface area contributed by atoms with Crippen LogP contribution in [0, 0.1) is 11.3 Å². The molecule has 2 heterocycles. The van der Waals surface area contributed by atoms with Gasteiger partial charge in [-0.3, -0.25) is 9.78 Å². The zero-order chi connectivity index (χ0) is 19.9. The number of carbonyl (C=O) groups is 1. The monoisotopic (exact) mass is 390 g/mol. The number of benzene rings is 1. The normalized spacial score (nSPS) is 11.3. The van der Waals surface area contributed by atoms with Crippen molar-refractivity contribution in [2.75, 3.05) is 12.4 Å². The highest BCUT2D eigenvalue weighted by atomic mass is 32.2. The summed E-state index contributed by atoms with van der Waals surface area (Å²) in [6.07, 6.45) is 3.22. The van der Waals surface area contributed by atoms with E-state index in [2.05, 4.69) is 21.4 Å². The van der Waals surface area contributed by atoms with E-state index in [1.165, 1.54) is 11.8 Å². The van der Waals surface area contributed by atoms with Gasteiger partial charge in [0.1, 0.15) is 16.8 Å². The highest BCUT2D eigenvalue weighted by molar-refractivity contribution is 8.00. The van der Waals surface area contributed by atoms with Gasteiger partial charge in [0.05, 0.1) is 23.6 Å². The van der Waals surface area contributed by atoms with Crippen LogP contribution in [0.25, 0.3) is 11.3 Å². The molecule has 1 aromatic carbocycles. The molecule has 28 heavy (non-hydrogen) atoms. The molecule has 3 aromatic rings. The predicted octanol–water partition coefficient (Wildman–Crippen LogP) is 4.14. The number of methoxy groups -OCH3 is 1. The predicted molar refractivity (Wildman–Crippen MR) is 109 cm³/mol. The molecule has 7 heteroatoms. The quantitative estimate of drug-likeness (QED) is 0.636. The topological polar surface area (TPSA) is 87.9 Å². The fourth-order valence-electron chi connectivity index (χ4n) is 2.44. The standard InChI is InChI=1S/C21H18N4O2S/c1-14(20(26)24-17-9-11-23-12-10-17)28-21-16(13-22)5-8-19(25-21)15-3-6-18(27-2)7-4-15/h3-12,14H,1-2H3,(H,23,24,26). The van der Waals surface area contributed by atoms with Crippen molar-refractivity contribution in [3.05, 3.63) is 66.5 Å². The van der Waals surface area contributed by atoms with Crippen LogP contribution in [0.2, 0.25) is 0 Å². The molecule has 1 unspecified atom stereocenters. The molecule has 0 saturated carbocycles. The zero-order valence-electron chi connectivity index (χ0n) is 15.4. The zero-order valence-corrected chi connectivity index (χ0v) is 16.2. The molecule has 0 aliphatic heterocycles. The van der Waals surface area contributed by atoms with E-state index in [0.29, 0.717) is 16.3 Å². The number of thioether (sulfide) groups is 1. The minimum absolute atomic E-state index is 0.170. The van der Waals surface area contributed by atoms with Crippen LogP contribution in [0.4, 0.5) is 5.69 Å². The largest absolute Gasteiger partial charge is 0.497 e. The Hall–Kier alpha value is -3.37. The van der Waals surface area contributed by atoms with Gasteiger partial charge in [-0.2, -0.15) is 5.26 Å². The summed E-state index contributed by atoms with van der Waals surface area (Å²) in [7, 11) is 1.61. The van der Waals surface area contributed by atoms with Gasteiger partial charge in [-0.1, -0.05) is 11.8 Å². The molecule has 0 radical (unpaired) electrons. The lowest BCUT2D eigenvalue weighted by Crippen LogP contribution is -2.22. The number of anilines is 1. The Kier molecular flexibility index (Phi) is 6.25. The van der Waals surface area contributed by atoms with Crippen LogP contribution >= 0.6 is 11.8 Å². The number of aromatic nitrogens is 2. The van der Waals surface area contributed by atoms with Crippen LogP contribution in [0.5, 0.6) is 5.75 Å². The molecule has 0 spiro atoms.